The molecule has 4 saturated carbocycles. The molecule has 0 atom stereocenters. The van der Waals surface area contributed by atoms with Gasteiger partial charge in [0.25, 0.3) is 0 Å². The van der Waals surface area contributed by atoms with Gasteiger partial charge in [-0.15, -0.1) is 0 Å². The normalized spacial score (nSPS) is 28.9. The maximum absolute atomic E-state index is 2.67. The molecular formula is C39H50Zr. The second-order valence-electron chi connectivity index (χ2n) is 16.6. The number of fused-ring (bicyclic) bond motifs is 3. The van der Waals surface area contributed by atoms with Gasteiger partial charge in [-0.3, -0.25) is 0 Å². The third kappa shape index (κ3) is 4.34. The van der Waals surface area contributed by atoms with Crippen LogP contribution in [0.5, 0.6) is 0 Å². The SMILES string of the molecule is C[C](C)=[Zr]([C]1=C(C23CC4CC(CC(C4)C2)C3)C=CC1)[CH]1c2cc(C(C)(C)C)ccc2-c2ccc(C(C)(C)C)cc21. The van der Waals surface area contributed by atoms with Crippen LogP contribution in [-0.2, 0) is 32.1 Å². The van der Waals surface area contributed by atoms with E-state index in [2.05, 4.69) is 104 Å². The Morgan fingerprint density at radius 2 is 1.20 bits per heavy atom. The van der Waals surface area contributed by atoms with E-state index in [0.29, 0.717) is 9.04 Å². The van der Waals surface area contributed by atoms with E-state index < -0.39 is 21.3 Å². The van der Waals surface area contributed by atoms with E-state index in [1.165, 1.54) is 67.2 Å². The third-order valence-corrected chi connectivity index (χ3v) is 19.8. The topological polar surface area (TPSA) is 0 Å². The molecule has 1 heteroatoms. The molecule has 0 spiro atoms. The van der Waals surface area contributed by atoms with Crippen molar-refractivity contribution >= 4 is 3.21 Å². The number of allylic oxidation sites excluding steroid dienone is 4. The zero-order chi connectivity index (χ0) is 28.2. The Morgan fingerprint density at radius 1 is 0.725 bits per heavy atom. The molecule has 4 bridgehead atoms. The molecule has 0 heterocycles. The second-order valence-corrected chi connectivity index (χ2v) is 24.0. The van der Waals surface area contributed by atoms with Gasteiger partial charge in [-0.2, -0.15) is 0 Å². The standard InChI is InChI=1S/C21H25.C15H19.C3H6.Zr/c1-20(2,3)16-7-9-18-14(12-16)11-15-13-17(21(4,5)6)8-10-19(15)18;1-2-4-14(3-1)15-8-11-5-12(9-15)7-13(6-11)10-15;1-3-2;/h7-13H,1-6H3;1,3,11-13H,2,5-10H2;1-2H3;. The molecule has 4 fully saturated rings. The molecule has 0 aromatic heterocycles. The van der Waals surface area contributed by atoms with Crippen LogP contribution >= 0.6 is 0 Å². The summed E-state index contributed by atoms with van der Waals surface area (Å²) in [6, 6.07) is 15.1. The van der Waals surface area contributed by atoms with Crippen molar-refractivity contribution in [1.82, 2.24) is 0 Å². The Balaban J connectivity index is 1.44. The molecule has 8 rings (SSSR count). The van der Waals surface area contributed by atoms with Gasteiger partial charge >= 0.3 is 253 Å². The van der Waals surface area contributed by atoms with Crippen LogP contribution in [0.4, 0.5) is 0 Å². The third-order valence-electron chi connectivity index (χ3n) is 11.4. The molecule has 2 aromatic rings. The van der Waals surface area contributed by atoms with Crippen molar-refractivity contribution in [3.8, 4) is 11.1 Å². The van der Waals surface area contributed by atoms with E-state index >= 15 is 0 Å². The molecule has 0 nitrogen and oxygen atoms in total. The van der Waals surface area contributed by atoms with Crippen LogP contribution in [0.25, 0.3) is 11.1 Å². The van der Waals surface area contributed by atoms with Crippen LogP contribution in [0.3, 0.4) is 0 Å². The van der Waals surface area contributed by atoms with Gasteiger partial charge in [0.1, 0.15) is 0 Å². The fourth-order valence-electron chi connectivity index (χ4n) is 9.97. The Hall–Kier alpha value is -1.33. The van der Waals surface area contributed by atoms with E-state index in [1.807, 2.05) is 8.85 Å². The number of benzene rings is 2. The number of hydrogen-bond donors (Lipinski definition) is 0. The monoisotopic (exact) mass is 608 g/mol. The van der Waals surface area contributed by atoms with E-state index in [0.717, 1.165) is 17.8 Å². The molecule has 0 unspecified atom stereocenters. The summed E-state index contributed by atoms with van der Waals surface area (Å²) < 4.78 is 4.35. The molecule has 0 amide bonds. The summed E-state index contributed by atoms with van der Waals surface area (Å²) in [6.45, 7) is 19.4. The Bertz CT molecular complexity index is 1370. The zero-order valence-electron chi connectivity index (χ0n) is 26.4. The zero-order valence-corrected chi connectivity index (χ0v) is 28.8. The molecule has 0 aliphatic heterocycles. The molecule has 0 radical (unpaired) electrons. The van der Waals surface area contributed by atoms with Crippen molar-refractivity contribution in [2.24, 2.45) is 23.2 Å². The van der Waals surface area contributed by atoms with Crippen molar-refractivity contribution in [2.75, 3.05) is 0 Å². The molecule has 40 heavy (non-hydrogen) atoms. The van der Waals surface area contributed by atoms with Crippen LogP contribution in [-0.4, -0.2) is 3.21 Å². The van der Waals surface area contributed by atoms with E-state index in [4.69, 9.17) is 0 Å². The summed E-state index contributed by atoms with van der Waals surface area (Å²) in [5, 5.41) is 0. The van der Waals surface area contributed by atoms with Crippen molar-refractivity contribution in [3.05, 3.63) is 79.7 Å². The van der Waals surface area contributed by atoms with Gasteiger partial charge in [0.05, 0.1) is 0 Å². The molecule has 0 saturated heterocycles. The van der Waals surface area contributed by atoms with Crippen molar-refractivity contribution in [2.45, 2.75) is 115 Å². The average Bonchev–Trinajstić information content (AvgIpc) is 3.46. The quantitative estimate of drug-likeness (QED) is 0.325. The Labute approximate surface area is 251 Å². The summed E-state index contributed by atoms with van der Waals surface area (Å²) in [5.41, 5.74) is 12.1. The summed E-state index contributed by atoms with van der Waals surface area (Å²) >= 11 is -2.30. The van der Waals surface area contributed by atoms with Gasteiger partial charge in [0, 0.05) is 0 Å². The Morgan fingerprint density at radius 3 is 1.62 bits per heavy atom. The average molecular weight is 610 g/mol. The van der Waals surface area contributed by atoms with Gasteiger partial charge in [-0.1, -0.05) is 0 Å². The van der Waals surface area contributed by atoms with Gasteiger partial charge in [0.15, 0.2) is 0 Å². The van der Waals surface area contributed by atoms with Gasteiger partial charge < -0.3 is 0 Å². The van der Waals surface area contributed by atoms with Crippen LogP contribution < -0.4 is 0 Å². The van der Waals surface area contributed by atoms with Crippen molar-refractivity contribution in [3.63, 3.8) is 0 Å². The predicted octanol–water partition coefficient (Wildman–Crippen LogP) is 10.6. The van der Waals surface area contributed by atoms with Crippen LogP contribution in [0.1, 0.15) is 126 Å². The first-order valence-electron chi connectivity index (χ1n) is 16.2. The fraction of sp³-hybridized carbons (Fsp3) is 0.564. The van der Waals surface area contributed by atoms with Crippen LogP contribution in [0.15, 0.2) is 57.4 Å². The first kappa shape index (κ1) is 27.5. The minimum absolute atomic E-state index is 0.165. The van der Waals surface area contributed by atoms with Crippen LogP contribution in [0, 0.1) is 23.2 Å². The fourth-order valence-corrected chi connectivity index (χ4v) is 18.8. The van der Waals surface area contributed by atoms with Gasteiger partial charge in [-0.25, -0.2) is 0 Å². The molecule has 2 aromatic carbocycles. The molecule has 0 N–H and O–H groups in total. The minimum atomic E-state index is -2.30. The Kier molecular flexibility index (Phi) is 6.42. The predicted molar refractivity (Wildman–Crippen MR) is 169 cm³/mol. The van der Waals surface area contributed by atoms with Crippen molar-refractivity contribution in [1.29, 1.82) is 0 Å². The molecule has 210 valence electrons. The van der Waals surface area contributed by atoms with E-state index in [1.54, 1.807) is 14.3 Å². The number of rotatable bonds is 3. The number of hydrogen-bond acceptors (Lipinski definition) is 0. The van der Waals surface area contributed by atoms with Crippen LogP contribution in [0.2, 0.25) is 0 Å². The summed E-state index contributed by atoms with van der Waals surface area (Å²) in [5.74, 6) is 3.01. The van der Waals surface area contributed by atoms with E-state index in [9.17, 15) is 0 Å². The molecular weight excluding hydrogens is 560 g/mol. The molecule has 6 aliphatic carbocycles. The summed E-state index contributed by atoms with van der Waals surface area (Å²) in [6.07, 6.45) is 15.5. The van der Waals surface area contributed by atoms with Crippen molar-refractivity contribution < 1.29 is 21.3 Å². The van der Waals surface area contributed by atoms with E-state index in [-0.39, 0.29) is 10.8 Å². The first-order chi connectivity index (χ1) is 18.8. The van der Waals surface area contributed by atoms with Gasteiger partial charge in [0.2, 0.25) is 0 Å². The van der Waals surface area contributed by atoms with Gasteiger partial charge in [-0.05, 0) is 0 Å². The first-order valence-corrected chi connectivity index (χ1v) is 20.1. The molecule has 6 aliphatic rings. The maximum atomic E-state index is 2.67. The summed E-state index contributed by atoms with van der Waals surface area (Å²) in [7, 11) is 0. The summed E-state index contributed by atoms with van der Waals surface area (Å²) in [4.78, 5) is 0. The second kappa shape index (κ2) is 9.33.